The van der Waals surface area contributed by atoms with E-state index in [1.165, 1.54) is 0 Å². The normalized spacial score (nSPS) is 11.7. The standard InChI is InChI=1S/C8H12F2N4O2/c1-8(9,10)4-2-3-5-13-11-6-7(12-13)14(15)16/h6H,2-5H2,1H3. The molecule has 0 aliphatic heterocycles. The Morgan fingerprint density at radius 3 is 2.75 bits per heavy atom. The van der Waals surface area contributed by atoms with Crippen molar-refractivity contribution >= 4 is 5.82 Å². The van der Waals surface area contributed by atoms with Gasteiger partial charge in [0.2, 0.25) is 5.92 Å². The van der Waals surface area contributed by atoms with E-state index < -0.39 is 10.8 Å². The van der Waals surface area contributed by atoms with Crippen molar-refractivity contribution in [2.24, 2.45) is 0 Å². The lowest BCUT2D eigenvalue weighted by atomic mass is 10.1. The number of alkyl halides is 2. The highest BCUT2D eigenvalue weighted by molar-refractivity contribution is 5.07. The maximum absolute atomic E-state index is 12.4. The van der Waals surface area contributed by atoms with Crippen LogP contribution < -0.4 is 0 Å². The second-order valence-corrected chi connectivity index (χ2v) is 3.58. The number of halogens is 2. The Labute approximate surface area is 90.4 Å². The molecule has 0 N–H and O–H groups in total. The van der Waals surface area contributed by atoms with Gasteiger partial charge in [0.15, 0.2) is 6.20 Å². The molecule has 0 spiro atoms. The van der Waals surface area contributed by atoms with Gasteiger partial charge >= 0.3 is 5.82 Å². The van der Waals surface area contributed by atoms with Gasteiger partial charge in [0.1, 0.15) is 0 Å². The van der Waals surface area contributed by atoms with Crippen molar-refractivity contribution in [1.29, 1.82) is 0 Å². The maximum atomic E-state index is 12.4. The van der Waals surface area contributed by atoms with Gasteiger partial charge < -0.3 is 10.1 Å². The van der Waals surface area contributed by atoms with E-state index in [4.69, 9.17) is 0 Å². The minimum atomic E-state index is -2.66. The van der Waals surface area contributed by atoms with E-state index in [1.54, 1.807) is 0 Å². The fourth-order valence-corrected chi connectivity index (χ4v) is 1.17. The molecule has 0 aromatic carbocycles. The minimum absolute atomic E-state index is 0.198. The second kappa shape index (κ2) is 4.95. The van der Waals surface area contributed by atoms with Crippen LogP contribution in [0.3, 0.4) is 0 Å². The van der Waals surface area contributed by atoms with Crippen LogP contribution >= 0.6 is 0 Å². The molecule has 1 aromatic heterocycles. The molecular weight excluding hydrogens is 222 g/mol. The van der Waals surface area contributed by atoms with Crippen LogP contribution in [0.2, 0.25) is 0 Å². The second-order valence-electron chi connectivity index (χ2n) is 3.58. The molecule has 0 aliphatic rings. The van der Waals surface area contributed by atoms with E-state index in [-0.39, 0.29) is 12.2 Å². The summed E-state index contributed by atoms with van der Waals surface area (Å²) in [7, 11) is 0. The molecule has 0 fully saturated rings. The number of aryl methyl sites for hydroxylation is 1. The lowest BCUT2D eigenvalue weighted by Crippen LogP contribution is -2.10. The molecule has 0 radical (unpaired) electrons. The van der Waals surface area contributed by atoms with Crippen LogP contribution in [0.5, 0.6) is 0 Å². The number of hydrogen-bond donors (Lipinski definition) is 0. The summed E-state index contributed by atoms with van der Waals surface area (Å²) in [6, 6.07) is 0. The Kier molecular flexibility index (Phi) is 3.86. The first-order valence-electron chi connectivity index (χ1n) is 4.81. The molecule has 0 unspecified atom stereocenters. The Morgan fingerprint density at radius 2 is 2.25 bits per heavy atom. The van der Waals surface area contributed by atoms with Crippen LogP contribution in [0, 0.1) is 10.1 Å². The highest BCUT2D eigenvalue weighted by Gasteiger charge is 2.20. The van der Waals surface area contributed by atoms with Crippen molar-refractivity contribution in [1.82, 2.24) is 15.0 Å². The molecule has 0 bridgehead atoms. The van der Waals surface area contributed by atoms with Crippen molar-refractivity contribution < 1.29 is 13.7 Å². The zero-order valence-electron chi connectivity index (χ0n) is 8.77. The number of nitro groups is 1. The van der Waals surface area contributed by atoms with E-state index in [9.17, 15) is 18.9 Å². The van der Waals surface area contributed by atoms with E-state index in [2.05, 4.69) is 10.2 Å². The van der Waals surface area contributed by atoms with E-state index in [0.717, 1.165) is 17.9 Å². The molecule has 0 saturated heterocycles. The quantitative estimate of drug-likeness (QED) is 0.428. The first kappa shape index (κ1) is 12.5. The van der Waals surface area contributed by atoms with Gasteiger partial charge in [-0.15, -0.1) is 5.10 Å². The monoisotopic (exact) mass is 234 g/mol. The first-order chi connectivity index (χ1) is 7.38. The molecular formula is C8H12F2N4O2. The highest BCUT2D eigenvalue weighted by Crippen LogP contribution is 2.19. The molecule has 1 heterocycles. The van der Waals surface area contributed by atoms with Crippen LogP contribution in [0.4, 0.5) is 14.6 Å². The summed E-state index contributed by atoms with van der Waals surface area (Å²) in [5.41, 5.74) is 0. The third-order valence-corrected chi connectivity index (χ3v) is 1.94. The lowest BCUT2D eigenvalue weighted by Gasteiger charge is -2.08. The van der Waals surface area contributed by atoms with Crippen LogP contribution in [-0.2, 0) is 6.54 Å². The molecule has 1 aromatic rings. The Morgan fingerprint density at radius 1 is 1.56 bits per heavy atom. The molecule has 0 atom stereocenters. The van der Waals surface area contributed by atoms with Gasteiger partial charge in [-0.25, -0.2) is 8.78 Å². The molecule has 6 nitrogen and oxygen atoms in total. The highest BCUT2D eigenvalue weighted by atomic mass is 19.3. The summed E-state index contributed by atoms with van der Waals surface area (Å²) in [6.07, 6.45) is 1.64. The van der Waals surface area contributed by atoms with Crippen molar-refractivity contribution in [3.63, 3.8) is 0 Å². The van der Waals surface area contributed by atoms with Crippen molar-refractivity contribution in [2.75, 3.05) is 0 Å². The predicted molar refractivity (Wildman–Crippen MR) is 51.1 cm³/mol. The zero-order chi connectivity index (χ0) is 12.2. The number of unbranched alkanes of at least 4 members (excludes halogenated alkanes) is 1. The van der Waals surface area contributed by atoms with Crippen LogP contribution in [0.1, 0.15) is 26.2 Å². The molecule has 8 heteroatoms. The van der Waals surface area contributed by atoms with E-state index >= 15 is 0 Å². The summed E-state index contributed by atoms with van der Waals surface area (Å²) >= 11 is 0. The third-order valence-electron chi connectivity index (χ3n) is 1.94. The first-order valence-corrected chi connectivity index (χ1v) is 4.81. The fraction of sp³-hybridized carbons (Fsp3) is 0.750. The number of hydrogen-bond acceptors (Lipinski definition) is 4. The summed E-state index contributed by atoms with van der Waals surface area (Å²) in [5.74, 6) is -3.00. The van der Waals surface area contributed by atoms with Gasteiger partial charge in [-0.3, -0.25) is 0 Å². The summed E-state index contributed by atoms with van der Waals surface area (Å²) in [6.45, 7) is 1.17. The molecule has 0 aliphatic carbocycles. The maximum Gasteiger partial charge on any atom is 0.410 e. The van der Waals surface area contributed by atoms with Crippen molar-refractivity contribution in [3.05, 3.63) is 16.3 Å². The molecule has 90 valence electrons. The zero-order valence-corrected chi connectivity index (χ0v) is 8.77. The molecule has 1 rings (SSSR count). The topological polar surface area (TPSA) is 73.8 Å². The average molecular weight is 234 g/mol. The molecule has 16 heavy (non-hydrogen) atoms. The van der Waals surface area contributed by atoms with Gasteiger partial charge in [0.25, 0.3) is 0 Å². The van der Waals surface area contributed by atoms with Crippen molar-refractivity contribution in [2.45, 2.75) is 38.7 Å². The third kappa shape index (κ3) is 4.28. The average Bonchev–Trinajstić information content (AvgIpc) is 2.59. The number of rotatable bonds is 6. The number of nitrogens with zero attached hydrogens (tertiary/aromatic N) is 4. The predicted octanol–water partition coefficient (Wildman–Crippen LogP) is 2.01. The Hall–Kier alpha value is -1.60. The Bertz CT molecular complexity index is 361. The largest absolute Gasteiger partial charge is 0.410 e. The smallest absolute Gasteiger partial charge is 0.358 e. The summed E-state index contributed by atoms with van der Waals surface area (Å²) < 4.78 is 24.9. The van der Waals surface area contributed by atoms with Crippen molar-refractivity contribution in [3.8, 4) is 0 Å². The fourth-order valence-electron chi connectivity index (χ4n) is 1.17. The number of aromatic nitrogens is 3. The molecule has 0 amide bonds. The van der Waals surface area contributed by atoms with E-state index in [0.29, 0.717) is 19.4 Å². The van der Waals surface area contributed by atoms with Gasteiger partial charge in [0.05, 0.1) is 11.6 Å². The SMILES string of the molecule is CC(F)(F)CCCCn1ncc([N+](=O)[O-])n1. The molecule has 0 saturated carbocycles. The van der Waals surface area contributed by atoms with Gasteiger partial charge in [0, 0.05) is 6.42 Å². The van der Waals surface area contributed by atoms with Gasteiger partial charge in [-0.2, -0.15) is 0 Å². The van der Waals surface area contributed by atoms with Crippen LogP contribution in [0.15, 0.2) is 6.20 Å². The van der Waals surface area contributed by atoms with Gasteiger partial charge in [-0.05, 0) is 24.7 Å². The Balaban J connectivity index is 2.30. The summed E-state index contributed by atoms with van der Waals surface area (Å²) in [5, 5.41) is 17.5. The van der Waals surface area contributed by atoms with Crippen LogP contribution in [0.25, 0.3) is 0 Å². The lowest BCUT2D eigenvalue weighted by molar-refractivity contribution is -0.389. The van der Waals surface area contributed by atoms with E-state index in [1.807, 2.05) is 0 Å². The summed E-state index contributed by atoms with van der Waals surface area (Å²) in [4.78, 5) is 10.8. The van der Waals surface area contributed by atoms with Crippen LogP contribution in [-0.4, -0.2) is 25.8 Å². The van der Waals surface area contributed by atoms with Gasteiger partial charge in [-0.1, -0.05) is 4.80 Å². The minimum Gasteiger partial charge on any atom is -0.358 e.